The van der Waals surface area contributed by atoms with Gasteiger partial charge in [-0.3, -0.25) is 0 Å². The lowest BCUT2D eigenvalue weighted by atomic mass is 10.0. The highest BCUT2D eigenvalue weighted by Gasteiger charge is 1.95. The van der Waals surface area contributed by atoms with Crippen molar-refractivity contribution in [1.82, 2.24) is 5.32 Å². The molecule has 0 heterocycles. The summed E-state index contributed by atoms with van der Waals surface area (Å²) in [6.45, 7) is 10.5. The van der Waals surface area contributed by atoms with Gasteiger partial charge in [0.1, 0.15) is 0 Å². The Morgan fingerprint density at radius 1 is 0.750 bits per heavy atom. The monoisotopic (exact) mass is 285 g/mol. The van der Waals surface area contributed by atoms with Gasteiger partial charge in [0.2, 0.25) is 0 Å². The predicted octanol–water partition coefficient (Wildman–Crippen LogP) is 5.17. The van der Waals surface area contributed by atoms with E-state index in [4.69, 9.17) is 4.74 Å². The topological polar surface area (TPSA) is 21.3 Å². The van der Waals surface area contributed by atoms with Crippen molar-refractivity contribution in [2.45, 2.75) is 85.0 Å². The molecule has 0 rings (SSSR count). The van der Waals surface area contributed by atoms with Crippen molar-refractivity contribution in [2.75, 3.05) is 26.3 Å². The third kappa shape index (κ3) is 17.9. The summed E-state index contributed by atoms with van der Waals surface area (Å²) in [5.41, 5.74) is 0. The first-order valence-corrected chi connectivity index (χ1v) is 9.05. The Morgan fingerprint density at radius 3 is 1.85 bits per heavy atom. The van der Waals surface area contributed by atoms with Crippen molar-refractivity contribution in [3.63, 3.8) is 0 Å². The largest absolute Gasteiger partial charge is 0.380 e. The maximum Gasteiger partial charge on any atom is 0.0590 e. The summed E-state index contributed by atoms with van der Waals surface area (Å²) in [6, 6.07) is 0. The number of hydrogen-bond acceptors (Lipinski definition) is 2. The second-order valence-corrected chi connectivity index (χ2v) is 6.31. The van der Waals surface area contributed by atoms with E-state index in [2.05, 4.69) is 19.2 Å². The van der Waals surface area contributed by atoms with Crippen molar-refractivity contribution < 1.29 is 4.74 Å². The second kappa shape index (κ2) is 17.0. The van der Waals surface area contributed by atoms with Gasteiger partial charge in [-0.15, -0.1) is 0 Å². The molecule has 0 amide bonds. The fraction of sp³-hybridized carbons (Fsp3) is 1.00. The average molecular weight is 286 g/mol. The average Bonchev–Trinajstić information content (AvgIpc) is 2.43. The summed E-state index contributed by atoms with van der Waals surface area (Å²) < 4.78 is 5.28. The molecule has 20 heavy (non-hydrogen) atoms. The molecule has 0 atom stereocenters. The Hall–Kier alpha value is -0.0800. The van der Waals surface area contributed by atoms with Crippen molar-refractivity contribution in [2.24, 2.45) is 5.92 Å². The first kappa shape index (κ1) is 19.9. The molecule has 0 aliphatic rings. The van der Waals surface area contributed by atoms with Gasteiger partial charge in [-0.1, -0.05) is 71.6 Å². The van der Waals surface area contributed by atoms with Gasteiger partial charge in [0.15, 0.2) is 0 Å². The number of rotatable bonds is 16. The minimum Gasteiger partial charge on any atom is -0.380 e. The Kier molecular flexibility index (Phi) is 16.9. The van der Waals surface area contributed by atoms with Crippen LogP contribution in [0.4, 0.5) is 0 Å². The molecule has 0 aromatic rings. The minimum absolute atomic E-state index is 0.832. The molecule has 0 saturated heterocycles. The number of unbranched alkanes of at least 4 members (excludes halogenated alkanes) is 8. The Morgan fingerprint density at radius 2 is 1.30 bits per heavy atom. The van der Waals surface area contributed by atoms with Crippen LogP contribution < -0.4 is 5.32 Å². The van der Waals surface area contributed by atoms with Crippen molar-refractivity contribution >= 4 is 0 Å². The highest BCUT2D eigenvalue weighted by Crippen LogP contribution is 2.12. The van der Waals surface area contributed by atoms with E-state index in [9.17, 15) is 0 Å². The van der Waals surface area contributed by atoms with Gasteiger partial charge in [-0.2, -0.15) is 0 Å². The van der Waals surface area contributed by atoms with E-state index in [0.29, 0.717) is 0 Å². The molecule has 0 fully saturated rings. The molecule has 0 saturated carbocycles. The van der Waals surface area contributed by atoms with Crippen LogP contribution >= 0.6 is 0 Å². The maximum absolute atomic E-state index is 5.28. The Labute approximate surface area is 128 Å². The van der Waals surface area contributed by atoms with E-state index in [1.165, 1.54) is 64.2 Å². The minimum atomic E-state index is 0.832. The van der Waals surface area contributed by atoms with E-state index in [1.54, 1.807) is 0 Å². The molecular weight excluding hydrogens is 246 g/mol. The summed E-state index contributed by atoms with van der Waals surface area (Å²) >= 11 is 0. The third-order valence-electron chi connectivity index (χ3n) is 3.76. The van der Waals surface area contributed by atoms with Crippen molar-refractivity contribution in [3.05, 3.63) is 0 Å². The molecule has 0 unspecified atom stereocenters. The van der Waals surface area contributed by atoms with Gasteiger partial charge >= 0.3 is 0 Å². The van der Waals surface area contributed by atoms with Crippen LogP contribution in [-0.2, 0) is 4.74 Å². The zero-order valence-electron chi connectivity index (χ0n) is 14.4. The molecular formula is C18H39NO. The van der Waals surface area contributed by atoms with E-state index < -0.39 is 0 Å². The second-order valence-electron chi connectivity index (χ2n) is 6.31. The van der Waals surface area contributed by atoms with Gasteiger partial charge in [0.05, 0.1) is 6.61 Å². The van der Waals surface area contributed by atoms with Crippen LogP contribution in [0.25, 0.3) is 0 Å². The van der Waals surface area contributed by atoms with Gasteiger partial charge in [-0.25, -0.2) is 0 Å². The molecule has 1 N–H and O–H groups in total. The zero-order valence-corrected chi connectivity index (χ0v) is 14.4. The zero-order chi connectivity index (χ0) is 14.9. The van der Waals surface area contributed by atoms with Gasteiger partial charge in [-0.05, 0) is 25.8 Å². The fourth-order valence-corrected chi connectivity index (χ4v) is 2.45. The van der Waals surface area contributed by atoms with Crippen LogP contribution in [0.2, 0.25) is 0 Å². The van der Waals surface area contributed by atoms with Crippen LogP contribution in [0.3, 0.4) is 0 Å². The molecule has 0 bridgehead atoms. The summed E-state index contributed by atoms with van der Waals surface area (Å²) in [6.07, 6.45) is 14.2. The van der Waals surface area contributed by atoms with Gasteiger partial charge in [0, 0.05) is 13.2 Å². The number of ether oxygens (including phenoxy) is 1. The van der Waals surface area contributed by atoms with Crippen LogP contribution in [0.5, 0.6) is 0 Å². The molecule has 0 aromatic heterocycles. The Bertz CT molecular complexity index is 171. The lowest BCUT2D eigenvalue weighted by Gasteiger charge is -2.05. The molecule has 0 aliphatic carbocycles. The predicted molar refractivity (Wildman–Crippen MR) is 90.4 cm³/mol. The summed E-state index contributed by atoms with van der Waals surface area (Å²) in [7, 11) is 0. The highest BCUT2D eigenvalue weighted by molar-refractivity contribution is 4.51. The lowest BCUT2D eigenvalue weighted by molar-refractivity contribution is 0.149. The molecule has 0 spiro atoms. The van der Waals surface area contributed by atoms with Gasteiger partial charge < -0.3 is 10.1 Å². The first-order chi connectivity index (χ1) is 9.77. The fourth-order valence-electron chi connectivity index (χ4n) is 2.45. The normalized spacial score (nSPS) is 11.4. The first-order valence-electron chi connectivity index (χ1n) is 9.05. The Balaban J connectivity index is 2.92. The van der Waals surface area contributed by atoms with Crippen LogP contribution in [0.15, 0.2) is 0 Å². The number of hydrogen-bond donors (Lipinski definition) is 1. The summed E-state index contributed by atoms with van der Waals surface area (Å²) in [5.74, 6) is 0.886. The molecule has 0 radical (unpaired) electrons. The molecule has 2 heteroatoms. The van der Waals surface area contributed by atoms with E-state index in [0.717, 1.165) is 32.2 Å². The number of nitrogens with one attached hydrogen (secondary N) is 1. The molecule has 0 aliphatic heterocycles. The molecule has 0 aromatic carbocycles. The van der Waals surface area contributed by atoms with Gasteiger partial charge in [0.25, 0.3) is 0 Å². The lowest BCUT2D eigenvalue weighted by Crippen LogP contribution is -2.20. The third-order valence-corrected chi connectivity index (χ3v) is 3.76. The summed E-state index contributed by atoms with van der Waals surface area (Å²) in [4.78, 5) is 0. The van der Waals surface area contributed by atoms with Crippen molar-refractivity contribution in [1.29, 1.82) is 0 Å². The SMILES string of the molecule is CCOCCNCCCCCCCCCCCC(C)C. The highest BCUT2D eigenvalue weighted by atomic mass is 16.5. The van der Waals surface area contributed by atoms with E-state index >= 15 is 0 Å². The maximum atomic E-state index is 5.28. The molecule has 122 valence electrons. The van der Waals surface area contributed by atoms with E-state index in [1.807, 2.05) is 6.92 Å². The van der Waals surface area contributed by atoms with Crippen LogP contribution in [-0.4, -0.2) is 26.3 Å². The standard InChI is InChI=1S/C18H39NO/c1-4-20-17-16-19-15-13-11-9-7-5-6-8-10-12-14-18(2)3/h18-19H,4-17H2,1-3H3. The van der Waals surface area contributed by atoms with Crippen molar-refractivity contribution in [3.8, 4) is 0 Å². The van der Waals surface area contributed by atoms with Crippen LogP contribution in [0.1, 0.15) is 85.0 Å². The smallest absolute Gasteiger partial charge is 0.0590 e. The molecule has 2 nitrogen and oxygen atoms in total. The quantitative estimate of drug-likeness (QED) is 0.395. The van der Waals surface area contributed by atoms with E-state index in [-0.39, 0.29) is 0 Å². The van der Waals surface area contributed by atoms with Crippen LogP contribution in [0, 0.1) is 5.92 Å². The summed E-state index contributed by atoms with van der Waals surface area (Å²) in [5, 5.41) is 3.43.